The summed E-state index contributed by atoms with van der Waals surface area (Å²) >= 11 is 6.00. The predicted octanol–water partition coefficient (Wildman–Crippen LogP) is 19.4. The molecule has 0 amide bonds. The van der Waals surface area contributed by atoms with Gasteiger partial charge in [0.2, 0.25) is 11.4 Å². The molecule has 2 aromatic rings. The number of benzene rings is 2. The van der Waals surface area contributed by atoms with Gasteiger partial charge in [-0.1, -0.05) is 176 Å². The number of hydrogen-bond donors (Lipinski definition) is 0. The number of hydrogen-bond acceptors (Lipinski definition) is 0. The average Bonchev–Trinajstić information content (AvgIpc) is 3.50. The molecule has 0 aromatic heterocycles. The number of aryl methyl sites for hydroxylation is 4. The van der Waals surface area contributed by atoms with Crippen LogP contribution in [-0.4, -0.2) is 4.70 Å². The van der Waals surface area contributed by atoms with Crippen LogP contribution in [0.3, 0.4) is 0 Å². The molecule has 5 heteroatoms. The Morgan fingerprint density at radius 1 is 0.362 bits per heavy atom. The van der Waals surface area contributed by atoms with Crippen LogP contribution in [0.15, 0.2) is 47.5 Å². The molecule has 0 bridgehead atoms. The van der Waals surface area contributed by atoms with Gasteiger partial charge in [-0.3, -0.25) is 0 Å². The van der Waals surface area contributed by atoms with Crippen molar-refractivity contribution in [3.63, 3.8) is 0 Å². The molecule has 1 aliphatic heterocycles. The van der Waals surface area contributed by atoms with E-state index < -0.39 is 0 Å². The summed E-state index contributed by atoms with van der Waals surface area (Å²) in [6, 6.07) is 14.8. The van der Waals surface area contributed by atoms with Crippen molar-refractivity contribution in [3.05, 3.63) is 86.5 Å². The molecule has 0 saturated heterocycles. The van der Waals surface area contributed by atoms with Crippen molar-refractivity contribution in [2.75, 3.05) is 0 Å². The molecule has 2 aromatic carbocycles. The van der Waals surface area contributed by atoms with Gasteiger partial charge < -0.3 is 5.53 Å². The summed E-state index contributed by atoms with van der Waals surface area (Å²) in [5, 5.41) is 0. The molecule has 0 N–H and O–H groups in total. The first kappa shape index (κ1) is 53.1. The molecule has 2 nitrogen and oxygen atoms in total. The van der Waals surface area contributed by atoms with E-state index in [4.69, 9.17) is 0 Å². The second-order valence-corrected chi connectivity index (χ2v) is 22.3. The fraction of sp³-hybridized carbons (Fsp3) is 0.698. The third-order valence-corrected chi connectivity index (χ3v) is 12.1. The molecule has 1 aliphatic rings. The molecule has 0 radical (unpaired) electrons. The average molecular weight is 970 g/mol. The second-order valence-electron chi connectivity index (χ2n) is 17.3. The number of allylic oxidation sites excluding steroid dienone is 2. The van der Waals surface area contributed by atoms with E-state index in [9.17, 15) is 5.53 Å². The minimum absolute atomic E-state index is 1.04. The van der Waals surface area contributed by atoms with Crippen LogP contribution in [0, 0.1) is 0 Å². The molecule has 58 heavy (non-hydrogen) atoms. The first-order chi connectivity index (χ1) is 28.4. The summed E-state index contributed by atoms with van der Waals surface area (Å²) in [5.41, 5.74) is 26.1. The summed E-state index contributed by atoms with van der Waals surface area (Å²) in [6.45, 7) is 13.9. The molecule has 3 rings (SSSR count). The fourth-order valence-electron chi connectivity index (χ4n) is 8.78. The summed E-state index contributed by atoms with van der Waals surface area (Å²) in [7, 11) is 1.25. The maximum absolute atomic E-state index is 12.8. The summed E-state index contributed by atoms with van der Waals surface area (Å²) in [6.07, 6.45) is 38.7. The van der Waals surface area contributed by atoms with Gasteiger partial charge in [-0.05, 0) is 124 Å². The predicted molar refractivity (Wildman–Crippen MR) is 262 cm³/mol. The Labute approximate surface area is 379 Å². The van der Waals surface area contributed by atoms with Crippen LogP contribution in [0.4, 0.5) is 0 Å². The molecule has 0 aliphatic carbocycles. The van der Waals surface area contributed by atoms with E-state index in [1.54, 1.807) is 4.70 Å². The van der Waals surface area contributed by atoms with E-state index in [1.807, 2.05) is 0 Å². The van der Waals surface area contributed by atoms with Crippen molar-refractivity contribution >= 4 is 39.8 Å². The number of rotatable bonds is 33. The molecule has 332 valence electrons. The van der Waals surface area contributed by atoms with Gasteiger partial charge in [-0.2, -0.15) is 0 Å². The van der Waals surface area contributed by atoms with Crippen molar-refractivity contribution in [1.29, 1.82) is 0 Å². The molecular weight excluding hydrogens is 883 g/mol. The Balaban J connectivity index is 0.00000374. The van der Waals surface area contributed by atoms with Crippen LogP contribution >= 0.6 is 28.5 Å². The van der Waals surface area contributed by atoms with Crippen molar-refractivity contribution in [2.24, 2.45) is 0 Å². The Morgan fingerprint density at radius 2 is 0.603 bits per heavy atom. The van der Waals surface area contributed by atoms with Gasteiger partial charge in [0.1, 0.15) is 0 Å². The maximum atomic E-state index is 12.8. The van der Waals surface area contributed by atoms with Crippen LogP contribution in [-0.2, 0) is 36.6 Å². The molecule has 0 fully saturated rings. The fourth-order valence-corrected chi connectivity index (χ4v) is 8.78. The van der Waals surface area contributed by atoms with E-state index in [-0.39, 0.29) is 0 Å². The zero-order valence-electron chi connectivity index (χ0n) is 38.4. The summed E-state index contributed by atoms with van der Waals surface area (Å²) < 4.78 is 1.70. The number of unbranched alkanes of at least 4 members (excludes halogenated alkanes) is 19. The van der Waals surface area contributed by atoms with Crippen LogP contribution in [0.2, 0.25) is 0 Å². The van der Waals surface area contributed by atoms with Gasteiger partial charge in [0, 0.05) is 22.3 Å². The molecular formula is C53H86Br2N2Ni. The SMILES string of the molecule is CCCCCCCCC1=C(c2cc(CCCC)cc(CCCC)c2)[N+](=[N-])C(c2cc(CCCCCCCC)cc(CCCCCCCC)c2)=C1CCCCC.[Br][Ni][Br]. The van der Waals surface area contributed by atoms with Crippen LogP contribution < -0.4 is 0 Å². The van der Waals surface area contributed by atoms with Gasteiger partial charge >= 0.3 is 39.3 Å². The third kappa shape index (κ3) is 20.7. The van der Waals surface area contributed by atoms with E-state index in [1.165, 1.54) is 216 Å². The standard InChI is InChI=1S/C53H86N2.2BrH.Ni/c1-7-13-19-22-25-29-34-46-39-47(35-30-26-23-20-14-8-2)43-49(42-46)52-50(36-28-16-10-4)51(37-31-27-24-21-15-9-3)53(55(52)54)48-40-44(32-17-11-5)38-45(41-48)33-18-12-6;;;/h38-43H,7-37H2,1-6H3;2*1H;/q;;;+2/p-2. The summed E-state index contributed by atoms with van der Waals surface area (Å²) in [5.74, 6) is 0. The second kappa shape index (κ2) is 34.5. The van der Waals surface area contributed by atoms with Crippen molar-refractivity contribution in [3.8, 4) is 0 Å². The van der Waals surface area contributed by atoms with E-state index in [2.05, 4.69) is 106 Å². The van der Waals surface area contributed by atoms with Gasteiger partial charge in [-0.15, -0.1) is 0 Å². The van der Waals surface area contributed by atoms with Gasteiger partial charge in [0.25, 0.3) is 0 Å². The topological polar surface area (TPSA) is 25.3 Å². The Hall–Kier alpha value is -1.03. The molecule has 0 spiro atoms. The van der Waals surface area contributed by atoms with Crippen molar-refractivity contribution in [1.82, 2.24) is 0 Å². The molecule has 0 saturated carbocycles. The van der Waals surface area contributed by atoms with Crippen LogP contribution in [0.5, 0.6) is 0 Å². The first-order valence-corrected chi connectivity index (χ1v) is 29.3. The Morgan fingerprint density at radius 3 is 0.931 bits per heavy atom. The van der Waals surface area contributed by atoms with E-state index in [0.29, 0.717) is 0 Å². The van der Waals surface area contributed by atoms with E-state index in [0.717, 1.165) is 49.9 Å². The Bertz CT molecular complexity index is 1400. The number of halogens is 2. The van der Waals surface area contributed by atoms with Crippen LogP contribution in [0.25, 0.3) is 16.9 Å². The third-order valence-electron chi connectivity index (χ3n) is 12.1. The monoisotopic (exact) mass is 966 g/mol. The van der Waals surface area contributed by atoms with Crippen molar-refractivity contribution in [2.45, 2.75) is 241 Å². The molecule has 0 unspecified atom stereocenters. The molecule has 1 heterocycles. The molecule has 0 atom stereocenters. The minimum atomic E-state index is 1.04. The Kier molecular flexibility index (Phi) is 31.6. The van der Waals surface area contributed by atoms with Gasteiger partial charge in [0.05, 0.1) is 0 Å². The zero-order valence-corrected chi connectivity index (χ0v) is 42.5. The van der Waals surface area contributed by atoms with Crippen molar-refractivity contribution < 1.29 is 15.6 Å². The van der Waals surface area contributed by atoms with E-state index >= 15 is 0 Å². The quantitative estimate of drug-likeness (QED) is 0.0387. The van der Waals surface area contributed by atoms with Crippen LogP contribution in [0.1, 0.15) is 248 Å². The summed E-state index contributed by atoms with van der Waals surface area (Å²) in [4.78, 5) is 0. The van der Waals surface area contributed by atoms with Gasteiger partial charge in [-0.25, -0.2) is 4.70 Å². The first-order valence-electron chi connectivity index (χ1n) is 24.5. The normalized spacial score (nSPS) is 12.9. The number of nitrogens with zero attached hydrogens (tertiary/aromatic N) is 2. The zero-order chi connectivity index (χ0) is 42.2. The van der Waals surface area contributed by atoms with Gasteiger partial charge in [0.15, 0.2) is 0 Å².